The van der Waals surface area contributed by atoms with Gasteiger partial charge in [0.1, 0.15) is 5.65 Å². The highest BCUT2D eigenvalue weighted by Gasteiger charge is 2.16. The van der Waals surface area contributed by atoms with E-state index in [-0.39, 0.29) is 0 Å². The van der Waals surface area contributed by atoms with E-state index < -0.39 is 0 Å². The van der Waals surface area contributed by atoms with Crippen molar-refractivity contribution in [3.63, 3.8) is 0 Å². The quantitative estimate of drug-likeness (QED) is 0.407. The maximum atomic E-state index is 4.56. The Kier molecular flexibility index (Phi) is 2.75. The normalized spacial score (nSPS) is 11.4. The van der Waals surface area contributed by atoms with Gasteiger partial charge in [0.05, 0.1) is 5.52 Å². The molecule has 4 rings (SSSR count). The summed E-state index contributed by atoms with van der Waals surface area (Å²) < 4.78 is 2.15. The molecule has 0 atom stereocenters. The summed E-state index contributed by atoms with van der Waals surface area (Å²) in [4.78, 5) is 10.3. The number of fused-ring (bicyclic) bond motifs is 3. The molecule has 20 heavy (non-hydrogen) atoms. The van der Waals surface area contributed by atoms with E-state index in [9.17, 15) is 0 Å². The van der Waals surface area contributed by atoms with Gasteiger partial charge in [-0.2, -0.15) is 0 Å². The third-order valence-corrected chi connectivity index (χ3v) is 4.86. The fraction of sp³-hybridized carbons (Fsp3) is 0.0667. The lowest BCUT2D eigenvalue weighted by Crippen LogP contribution is -1.93. The first-order valence-electron chi connectivity index (χ1n) is 6.22. The van der Waals surface area contributed by atoms with E-state index in [1.165, 1.54) is 21.3 Å². The summed E-state index contributed by atoms with van der Waals surface area (Å²) in [6.45, 7) is 0. The monoisotopic (exact) mass is 297 g/mol. The molecule has 0 N–H and O–H groups in total. The Hall–Kier alpha value is -1.85. The number of rotatable bonds is 2. The topological polar surface area (TPSA) is 30.2 Å². The van der Waals surface area contributed by atoms with Crippen LogP contribution >= 0.6 is 23.1 Å². The van der Waals surface area contributed by atoms with Crippen LogP contribution in [0.15, 0.2) is 53.3 Å². The number of hydrogen-bond donors (Lipinski definition) is 0. The molecule has 0 bridgehead atoms. The zero-order valence-corrected chi connectivity index (χ0v) is 12.4. The number of hydrogen-bond acceptors (Lipinski definition) is 4. The van der Waals surface area contributed by atoms with Gasteiger partial charge in [0.25, 0.3) is 0 Å². The van der Waals surface area contributed by atoms with Gasteiger partial charge in [-0.15, -0.1) is 11.3 Å². The Bertz CT molecular complexity index is 894. The largest absolute Gasteiger partial charge is 0.272 e. The number of thioether (sulfide) groups is 1. The lowest BCUT2D eigenvalue weighted by molar-refractivity contribution is 0.924. The molecule has 0 aliphatic rings. The first-order valence-corrected chi connectivity index (χ1v) is 8.32. The molecular formula is C15H11N3S2. The lowest BCUT2D eigenvalue weighted by Gasteiger charge is -2.02. The molecule has 0 unspecified atom stereocenters. The maximum absolute atomic E-state index is 4.56. The van der Waals surface area contributed by atoms with Crippen LogP contribution < -0.4 is 0 Å². The Morgan fingerprint density at radius 3 is 2.85 bits per heavy atom. The van der Waals surface area contributed by atoms with Gasteiger partial charge in [0.2, 0.25) is 0 Å². The van der Waals surface area contributed by atoms with Crippen molar-refractivity contribution in [3.05, 3.63) is 48.1 Å². The van der Waals surface area contributed by atoms with Crippen molar-refractivity contribution >= 4 is 39.6 Å². The maximum Gasteiger partial charge on any atom is 0.173 e. The van der Waals surface area contributed by atoms with Gasteiger partial charge < -0.3 is 0 Å². The van der Waals surface area contributed by atoms with Crippen molar-refractivity contribution in [2.75, 3.05) is 6.26 Å². The molecule has 4 heterocycles. The van der Waals surface area contributed by atoms with Crippen molar-refractivity contribution < 1.29 is 0 Å². The number of nitrogens with zero attached hydrogens (tertiary/aromatic N) is 3. The Morgan fingerprint density at radius 2 is 2.05 bits per heavy atom. The van der Waals surface area contributed by atoms with Crippen molar-refractivity contribution in [1.82, 2.24) is 14.4 Å². The molecule has 0 aromatic carbocycles. The van der Waals surface area contributed by atoms with Crippen molar-refractivity contribution in [3.8, 4) is 10.4 Å². The highest BCUT2D eigenvalue weighted by atomic mass is 32.2. The second-order valence-electron chi connectivity index (χ2n) is 4.38. The summed E-state index contributed by atoms with van der Waals surface area (Å²) >= 11 is 3.39. The second kappa shape index (κ2) is 4.61. The minimum absolute atomic E-state index is 0.967. The highest BCUT2D eigenvalue weighted by Crippen LogP contribution is 2.38. The smallest absolute Gasteiger partial charge is 0.173 e. The fourth-order valence-corrected chi connectivity index (χ4v) is 3.87. The van der Waals surface area contributed by atoms with Crippen molar-refractivity contribution in [1.29, 1.82) is 0 Å². The number of thiophene rings is 1. The van der Waals surface area contributed by atoms with Gasteiger partial charge >= 0.3 is 0 Å². The van der Waals surface area contributed by atoms with E-state index in [2.05, 4.69) is 44.0 Å². The molecule has 0 aliphatic carbocycles. The fourth-order valence-electron chi connectivity index (χ4n) is 2.54. The van der Waals surface area contributed by atoms with Crippen LogP contribution in [0.3, 0.4) is 0 Å². The molecule has 0 radical (unpaired) electrons. The Balaban J connectivity index is 2.26. The zero-order chi connectivity index (χ0) is 13.5. The molecule has 5 heteroatoms. The van der Waals surface area contributed by atoms with Crippen LogP contribution in [-0.4, -0.2) is 20.6 Å². The van der Waals surface area contributed by atoms with E-state index in [4.69, 9.17) is 0 Å². The lowest BCUT2D eigenvalue weighted by atomic mass is 10.1. The summed E-state index contributed by atoms with van der Waals surface area (Å²) in [5.41, 5.74) is 3.39. The number of pyridine rings is 1. The van der Waals surface area contributed by atoms with Crippen LogP contribution in [0.25, 0.3) is 27.0 Å². The van der Waals surface area contributed by atoms with Gasteiger partial charge in [-0.1, -0.05) is 17.8 Å². The summed E-state index contributed by atoms with van der Waals surface area (Å²) in [7, 11) is 0. The molecule has 0 aliphatic heterocycles. The first-order chi connectivity index (χ1) is 9.90. The highest BCUT2D eigenvalue weighted by molar-refractivity contribution is 7.98. The van der Waals surface area contributed by atoms with Crippen LogP contribution in [0.1, 0.15) is 0 Å². The van der Waals surface area contributed by atoms with Gasteiger partial charge in [0.15, 0.2) is 5.16 Å². The third kappa shape index (κ3) is 1.60. The second-order valence-corrected chi connectivity index (χ2v) is 6.10. The van der Waals surface area contributed by atoms with Gasteiger partial charge in [-0.3, -0.25) is 4.40 Å². The molecule has 4 aromatic heterocycles. The summed E-state index contributed by atoms with van der Waals surface area (Å²) in [5.74, 6) is 0. The van der Waals surface area contributed by atoms with Crippen molar-refractivity contribution in [2.24, 2.45) is 0 Å². The first kappa shape index (κ1) is 11.9. The van der Waals surface area contributed by atoms with E-state index >= 15 is 0 Å². The van der Waals surface area contributed by atoms with Crippen LogP contribution in [0.4, 0.5) is 0 Å². The van der Waals surface area contributed by atoms with E-state index in [0.29, 0.717) is 0 Å². The molecule has 3 nitrogen and oxygen atoms in total. The van der Waals surface area contributed by atoms with Crippen LogP contribution in [-0.2, 0) is 0 Å². The SMILES string of the molecule is CSc1nccc2c(-c3cccs3)c3cccnc3n12. The summed E-state index contributed by atoms with van der Waals surface area (Å²) in [5, 5.41) is 4.25. The molecule has 0 spiro atoms. The van der Waals surface area contributed by atoms with Gasteiger partial charge in [-0.05, 0) is 35.9 Å². The standard InChI is InChI=1S/C15H11N3S2/c1-19-15-17-8-6-11-13(12-5-3-9-20-12)10-4-2-7-16-14(10)18(11)15/h2-9H,1H3. The molecule has 0 fully saturated rings. The molecule has 98 valence electrons. The van der Waals surface area contributed by atoms with E-state index in [0.717, 1.165) is 10.8 Å². The average molecular weight is 297 g/mol. The predicted molar refractivity (Wildman–Crippen MR) is 85.6 cm³/mol. The van der Waals surface area contributed by atoms with Crippen LogP contribution in [0, 0.1) is 0 Å². The average Bonchev–Trinajstić information content (AvgIpc) is 3.11. The third-order valence-electron chi connectivity index (χ3n) is 3.32. The molecule has 4 aromatic rings. The zero-order valence-electron chi connectivity index (χ0n) is 10.8. The minimum atomic E-state index is 0.967. The van der Waals surface area contributed by atoms with Crippen LogP contribution in [0.5, 0.6) is 0 Å². The molecular weight excluding hydrogens is 286 g/mol. The molecule has 0 amide bonds. The predicted octanol–water partition coefficient (Wildman–Crippen LogP) is 4.33. The Labute approximate surface area is 124 Å². The van der Waals surface area contributed by atoms with Crippen molar-refractivity contribution in [2.45, 2.75) is 5.16 Å². The molecule has 0 saturated carbocycles. The van der Waals surface area contributed by atoms with E-state index in [1.807, 2.05) is 24.7 Å². The number of aromatic nitrogens is 3. The van der Waals surface area contributed by atoms with Gasteiger partial charge in [0, 0.05) is 28.2 Å². The van der Waals surface area contributed by atoms with Gasteiger partial charge in [-0.25, -0.2) is 9.97 Å². The molecule has 0 saturated heterocycles. The Morgan fingerprint density at radius 1 is 1.10 bits per heavy atom. The minimum Gasteiger partial charge on any atom is -0.272 e. The summed E-state index contributed by atoms with van der Waals surface area (Å²) in [6.07, 6.45) is 5.75. The van der Waals surface area contributed by atoms with Crippen LogP contribution in [0.2, 0.25) is 0 Å². The van der Waals surface area contributed by atoms with E-state index in [1.54, 1.807) is 23.1 Å². The summed E-state index contributed by atoms with van der Waals surface area (Å²) in [6, 6.07) is 10.4.